The van der Waals surface area contributed by atoms with Crippen LogP contribution in [0.1, 0.15) is 18.1 Å². The van der Waals surface area contributed by atoms with Crippen LogP contribution in [-0.4, -0.2) is 36.9 Å². The van der Waals surface area contributed by atoms with E-state index in [1.165, 1.54) is 0 Å². The van der Waals surface area contributed by atoms with E-state index < -0.39 is 5.38 Å². The number of carbonyl (C=O) groups is 2. The summed E-state index contributed by atoms with van der Waals surface area (Å²) in [7, 11) is 0. The van der Waals surface area contributed by atoms with Crippen LogP contribution in [0.5, 0.6) is 5.75 Å². The standard InChI is InChI=1S/C15H21ClN2O3/c1-10-4-5-13(11(2)8-10)21-9-14(19)17-6-7-18-15(20)12(3)16/h4-5,8,12H,6-7,9H2,1-3H3,(H,17,19)(H,18,20). The molecule has 1 aromatic carbocycles. The predicted molar refractivity (Wildman–Crippen MR) is 82.7 cm³/mol. The van der Waals surface area contributed by atoms with Gasteiger partial charge in [-0.25, -0.2) is 0 Å². The average Bonchev–Trinajstić information content (AvgIpc) is 2.42. The third kappa shape index (κ3) is 6.49. The van der Waals surface area contributed by atoms with Crippen LogP contribution in [0, 0.1) is 13.8 Å². The normalized spacial score (nSPS) is 11.6. The summed E-state index contributed by atoms with van der Waals surface area (Å²) in [5.41, 5.74) is 2.14. The molecule has 2 N–H and O–H groups in total. The topological polar surface area (TPSA) is 67.4 Å². The molecule has 0 fully saturated rings. The maximum absolute atomic E-state index is 11.6. The van der Waals surface area contributed by atoms with Crippen molar-refractivity contribution in [1.82, 2.24) is 10.6 Å². The van der Waals surface area contributed by atoms with Crippen molar-refractivity contribution in [2.45, 2.75) is 26.1 Å². The zero-order chi connectivity index (χ0) is 15.8. The van der Waals surface area contributed by atoms with Crippen molar-refractivity contribution in [2.24, 2.45) is 0 Å². The molecule has 6 heteroatoms. The van der Waals surface area contributed by atoms with Gasteiger partial charge in [-0.05, 0) is 32.4 Å². The van der Waals surface area contributed by atoms with E-state index in [0.29, 0.717) is 18.8 Å². The first-order chi connectivity index (χ1) is 9.90. The first-order valence-electron chi connectivity index (χ1n) is 6.78. The number of ether oxygens (including phenoxy) is 1. The molecule has 1 rings (SSSR count). The van der Waals surface area contributed by atoms with E-state index in [9.17, 15) is 9.59 Å². The second-order valence-electron chi connectivity index (χ2n) is 4.81. The summed E-state index contributed by atoms with van der Waals surface area (Å²) in [5, 5.41) is 4.68. The molecule has 0 heterocycles. The first kappa shape index (κ1) is 17.3. The molecular formula is C15H21ClN2O3. The fourth-order valence-corrected chi connectivity index (χ4v) is 1.76. The Morgan fingerprint density at radius 3 is 2.52 bits per heavy atom. The SMILES string of the molecule is Cc1ccc(OCC(=O)NCCNC(=O)C(C)Cl)c(C)c1. The van der Waals surface area contributed by atoms with E-state index in [-0.39, 0.29) is 18.4 Å². The van der Waals surface area contributed by atoms with Gasteiger partial charge in [0.05, 0.1) is 0 Å². The molecular weight excluding hydrogens is 292 g/mol. The molecule has 1 unspecified atom stereocenters. The number of hydrogen-bond acceptors (Lipinski definition) is 3. The second kappa shape index (κ2) is 8.52. The number of carbonyl (C=O) groups excluding carboxylic acids is 2. The quantitative estimate of drug-likeness (QED) is 0.593. The van der Waals surface area contributed by atoms with Gasteiger partial charge in [0, 0.05) is 13.1 Å². The number of nitrogens with one attached hydrogen (secondary N) is 2. The monoisotopic (exact) mass is 312 g/mol. The first-order valence-corrected chi connectivity index (χ1v) is 7.22. The van der Waals surface area contributed by atoms with E-state index in [0.717, 1.165) is 11.1 Å². The minimum atomic E-state index is -0.575. The van der Waals surface area contributed by atoms with Crippen LogP contribution in [0.15, 0.2) is 18.2 Å². The van der Waals surface area contributed by atoms with Crippen LogP contribution in [0.2, 0.25) is 0 Å². The van der Waals surface area contributed by atoms with E-state index in [1.54, 1.807) is 6.92 Å². The largest absolute Gasteiger partial charge is 0.484 e. The lowest BCUT2D eigenvalue weighted by Gasteiger charge is -2.11. The maximum Gasteiger partial charge on any atom is 0.258 e. The van der Waals surface area contributed by atoms with Gasteiger partial charge in [0.1, 0.15) is 11.1 Å². The van der Waals surface area contributed by atoms with Gasteiger partial charge in [-0.1, -0.05) is 17.7 Å². The summed E-state index contributed by atoms with van der Waals surface area (Å²) in [6, 6.07) is 5.78. The highest BCUT2D eigenvalue weighted by Crippen LogP contribution is 2.18. The van der Waals surface area contributed by atoms with Crippen LogP contribution in [0.4, 0.5) is 0 Å². The Kier molecular flexibility index (Phi) is 7.02. The molecule has 0 radical (unpaired) electrons. The van der Waals surface area contributed by atoms with Gasteiger partial charge in [-0.2, -0.15) is 0 Å². The van der Waals surface area contributed by atoms with Crippen molar-refractivity contribution in [3.05, 3.63) is 29.3 Å². The van der Waals surface area contributed by atoms with E-state index in [4.69, 9.17) is 16.3 Å². The Labute approximate surface area is 130 Å². The number of amides is 2. The van der Waals surface area contributed by atoms with Crippen molar-refractivity contribution >= 4 is 23.4 Å². The molecule has 21 heavy (non-hydrogen) atoms. The Hall–Kier alpha value is -1.75. The second-order valence-corrected chi connectivity index (χ2v) is 5.47. The molecule has 5 nitrogen and oxygen atoms in total. The number of aryl methyl sites for hydroxylation is 2. The lowest BCUT2D eigenvalue weighted by Crippen LogP contribution is -2.38. The van der Waals surface area contributed by atoms with Crippen molar-refractivity contribution < 1.29 is 14.3 Å². The Balaban J connectivity index is 2.24. The Morgan fingerprint density at radius 2 is 1.90 bits per heavy atom. The predicted octanol–water partition coefficient (Wildman–Crippen LogP) is 1.54. The summed E-state index contributed by atoms with van der Waals surface area (Å²) in [6.45, 7) is 6.15. The van der Waals surface area contributed by atoms with Crippen molar-refractivity contribution in [1.29, 1.82) is 0 Å². The highest BCUT2D eigenvalue weighted by atomic mass is 35.5. The fraction of sp³-hybridized carbons (Fsp3) is 0.467. The van der Waals surface area contributed by atoms with Crippen molar-refractivity contribution in [3.8, 4) is 5.75 Å². The maximum atomic E-state index is 11.6. The molecule has 0 saturated carbocycles. The van der Waals surface area contributed by atoms with Crippen LogP contribution in [-0.2, 0) is 9.59 Å². The highest BCUT2D eigenvalue weighted by molar-refractivity contribution is 6.30. The number of benzene rings is 1. The summed E-state index contributed by atoms with van der Waals surface area (Å²) < 4.78 is 5.45. The van der Waals surface area contributed by atoms with Gasteiger partial charge < -0.3 is 15.4 Å². The van der Waals surface area contributed by atoms with Gasteiger partial charge in [0.25, 0.3) is 5.91 Å². The minimum Gasteiger partial charge on any atom is -0.484 e. The third-order valence-corrected chi connectivity index (χ3v) is 3.00. The molecule has 0 aliphatic rings. The molecule has 0 aliphatic heterocycles. The molecule has 0 aromatic heterocycles. The average molecular weight is 313 g/mol. The van der Waals surface area contributed by atoms with Crippen molar-refractivity contribution in [3.63, 3.8) is 0 Å². The van der Waals surface area contributed by atoms with E-state index >= 15 is 0 Å². The van der Waals surface area contributed by atoms with Gasteiger partial charge >= 0.3 is 0 Å². The Morgan fingerprint density at radius 1 is 1.24 bits per heavy atom. The molecule has 0 saturated heterocycles. The molecule has 1 aromatic rings. The number of alkyl halides is 1. The zero-order valence-electron chi connectivity index (χ0n) is 12.5. The van der Waals surface area contributed by atoms with Crippen LogP contribution in [0.3, 0.4) is 0 Å². The van der Waals surface area contributed by atoms with Gasteiger partial charge in [0.15, 0.2) is 6.61 Å². The summed E-state index contributed by atoms with van der Waals surface area (Å²) in [4.78, 5) is 22.8. The summed E-state index contributed by atoms with van der Waals surface area (Å²) >= 11 is 5.59. The number of rotatable bonds is 7. The molecule has 0 spiro atoms. The number of hydrogen-bond donors (Lipinski definition) is 2. The van der Waals surface area contributed by atoms with Crippen LogP contribution < -0.4 is 15.4 Å². The smallest absolute Gasteiger partial charge is 0.258 e. The summed E-state index contributed by atoms with van der Waals surface area (Å²) in [5.74, 6) is 0.209. The molecule has 0 aliphatic carbocycles. The van der Waals surface area contributed by atoms with E-state index in [2.05, 4.69) is 10.6 Å². The molecule has 0 bridgehead atoms. The lowest BCUT2D eigenvalue weighted by molar-refractivity contribution is -0.124. The van der Waals surface area contributed by atoms with Crippen molar-refractivity contribution in [2.75, 3.05) is 19.7 Å². The highest BCUT2D eigenvalue weighted by Gasteiger charge is 2.08. The van der Waals surface area contributed by atoms with Crippen LogP contribution in [0.25, 0.3) is 0 Å². The molecule has 116 valence electrons. The van der Waals surface area contributed by atoms with E-state index in [1.807, 2.05) is 32.0 Å². The van der Waals surface area contributed by atoms with Gasteiger partial charge in [-0.15, -0.1) is 11.6 Å². The van der Waals surface area contributed by atoms with Gasteiger partial charge in [-0.3, -0.25) is 9.59 Å². The lowest BCUT2D eigenvalue weighted by atomic mass is 10.1. The third-order valence-electron chi connectivity index (χ3n) is 2.80. The van der Waals surface area contributed by atoms with Crippen LogP contribution >= 0.6 is 11.6 Å². The Bertz CT molecular complexity index is 504. The van der Waals surface area contributed by atoms with Gasteiger partial charge in [0.2, 0.25) is 5.91 Å². The molecule has 2 amide bonds. The molecule has 1 atom stereocenters. The number of halogens is 1. The summed E-state index contributed by atoms with van der Waals surface area (Å²) in [6.07, 6.45) is 0. The fourth-order valence-electron chi connectivity index (χ4n) is 1.68. The minimum absolute atomic E-state index is 0.0518. The zero-order valence-corrected chi connectivity index (χ0v) is 13.3.